The molecule has 6 aromatic rings. The van der Waals surface area contributed by atoms with E-state index in [1.807, 2.05) is 78.9 Å². The molecule has 0 aliphatic carbocycles. The molecule has 17 heteroatoms. The van der Waals surface area contributed by atoms with Gasteiger partial charge in [0, 0.05) is 10.8 Å². The first-order valence-electron chi connectivity index (χ1n) is 16.9. The van der Waals surface area contributed by atoms with E-state index in [0.717, 1.165) is 29.7 Å². The van der Waals surface area contributed by atoms with Gasteiger partial charge in [0.1, 0.15) is 6.10 Å². The Balaban J connectivity index is 0.000000422. The second-order valence-corrected chi connectivity index (χ2v) is 11.5. The molecule has 0 spiro atoms. The number of nitrogens with zero attached hydrogens (tertiary/aromatic N) is 3. The van der Waals surface area contributed by atoms with Crippen molar-refractivity contribution >= 4 is 40.2 Å². The van der Waals surface area contributed by atoms with Gasteiger partial charge in [0.25, 0.3) is 6.47 Å². The van der Waals surface area contributed by atoms with Gasteiger partial charge in [0.05, 0.1) is 63.3 Å². The van der Waals surface area contributed by atoms with E-state index in [9.17, 15) is 19.8 Å². The number of hydrogen-bond acceptors (Lipinski definition) is 12. The number of aliphatic hydroxyl groups is 1. The van der Waals surface area contributed by atoms with Crippen molar-refractivity contribution in [3.05, 3.63) is 132 Å². The number of aromatic nitrogens is 4. The van der Waals surface area contributed by atoms with Crippen molar-refractivity contribution in [3.8, 4) is 0 Å². The Morgan fingerprint density at radius 2 is 1.46 bits per heavy atom. The van der Waals surface area contributed by atoms with Crippen molar-refractivity contribution in [2.75, 3.05) is 26.4 Å². The SMILES string of the molecule is CCOC(=O)c1n[nH]c2ccccc12.O=C(O)c1nn(CC(O)COCc2ccccc2)c2ccccc12.O=CO[O-].[Cs+].[Cs+].[H-].c1ccc(COCC2CO2)cc1. The van der Waals surface area contributed by atoms with Gasteiger partial charge in [-0.25, -0.2) is 9.59 Å². The van der Waals surface area contributed by atoms with E-state index < -0.39 is 12.1 Å². The number of aromatic carboxylic acids is 1. The summed E-state index contributed by atoms with van der Waals surface area (Å²) in [6.45, 7) is 4.98. The van der Waals surface area contributed by atoms with Crippen molar-refractivity contribution in [3.63, 3.8) is 0 Å². The van der Waals surface area contributed by atoms with Crippen LogP contribution in [0.4, 0.5) is 0 Å². The maximum Gasteiger partial charge on any atom is 1.00 e. The number of nitrogens with one attached hydrogen (secondary N) is 1. The molecular formula is C39H42Cs2N4O11. The summed E-state index contributed by atoms with van der Waals surface area (Å²) in [5.41, 5.74) is 4.11. The molecule has 3 heterocycles. The Morgan fingerprint density at radius 3 is 2.04 bits per heavy atom. The minimum absolute atomic E-state index is 0. The van der Waals surface area contributed by atoms with Gasteiger partial charge < -0.3 is 40.7 Å². The summed E-state index contributed by atoms with van der Waals surface area (Å²) in [7, 11) is 0. The molecule has 1 aliphatic heterocycles. The van der Waals surface area contributed by atoms with Gasteiger partial charge in [0.15, 0.2) is 11.4 Å². The minimum Gasteiger partial charge on any atom is -1.00 e. The van der Waals surface area contributed by atoms with Crippen LogP contribution in [0.3, 0.4) is 0 Å². The van der Waals surface area contributed by atoms with E-state index in [-0.39, 0.29) is 171 Å². The zero-order valence-corrected chi connectivity index (χ0v) is 44.0. The molecule has 2 aromatic heterocycles. The predicted molar refractivity (Wildman–Crippen MR) is 195 cm³/mol. The van der Waals surface area contributed by atoms with Gasteiger partial charge in [-0.1, -0.05) is 97.1 Å². The Morgan fingerprint density at radius 1 is 0.911 bits per heavy atom. The smallest absolute Gasteiger partial charge is 1.00 e. The number of epoxide rings is 1. The number of para-hydroxylation sites is 2. The van der Waals surface area contributed by atoms with Crippen molar-refractivity contribution in [2.45, 2.75) is 38.9 Å². The number of rotatable bonds is 14. The fourth-order valence-electron chi connectivity index (χ4n) is 4.93. The molecule has 1 aliphatic rings. The van der Waals surface area contributed by atoms with E-state index in [0.29, 0.717) is 42.5 Å². The molecule has 0 radical (unpaired) electrons. The number of fused-ring (bicyclic) bond motifs is 2. The van der Waals surface area contributed by atoms with E-state index >= 15 is 0 Å². The largest absolute Gasteiger partial charge is 1.00 e. The van der Waals surface area contributed by atoms with Gasteiger partial charge in [-0.3, -0.25) is 14.6 Å². The molecular weight excluding hydrogens is 966 g/mol. The Hall–Kier alpha value is -1.87. The maximum absolute atomic E-state index is 11.4. The summed E-state index contributed by atoms with van der Waals surface area (Å²) in [5.74, 6) is -1.47. The van der Waals surface area contributed by atoms with Crippen LogP contribution < -0.4 is 143 Å². The molecule has 1 saturated heterocycles. The van der Waals surface area contributed by atoms with E-state index in [4.69, 9.17) is 29.0 Å². The van der Waals surface area contributed by atoms with Gasteiger partial charge >= 0.3 is 150 Å². The Bertz CT molecular complexity index is 2030. The van der Waals surface area contributed by atoms with Crippen LogP contribution in [0.1, 0.15) is 40.5 Å². The third kappa shape index (κ3) is 17.5. The van der Waals surface area contributed by atoms with Crippen LogP contribution >= 0.6 is 0 Å². The van der Waals surface area contributed by atoms with Crippen LogP contribution in [-0.4, -0.2) is 87.2 Å². The molecule has 1 fully saturated rings. The first-order valence-corrected chi connectivity index (χ1v) is 16.9. The minimum atomic E-state index is -1.08. The number of H-pyrrole nitrogens is 1. The van der Waals surface area contributed by atoms with Crippen molar-refractivity contribution < 1.29 is 193 Å². The molecule has 286 valence electrons. The molecule has 2 atom stereocenters. The number of carboxylic acid groups (broad SMARTS) is 1. The zero-order valence-electron chi connectivity index (χ0n) is 32.5. The van der Waals surface area contributed by atoms with Crippen LogP contribution in [0.15, 0.2) is 109 Å². The van der Waals surface area contributed by atoms with Gasteiger partial charge in [-0.2, -0.15) is 10.2 Å². The molecule has 7 rings (SSSR count). The monoisotopic (exact) mass is 1010 g/mol. The summed E-state index contributed by atoms with van der Waals surface area (Å²) < 4.78 is 22.3. The normalized spacial score (nSPS) is 12.7. The van der Waals surface area contributed by atoms with Crippen LogP contribution in [0.2, 0.25) is 0 Å². The third-order valence-corrected chi connectivity index (χ3v) is 7.46. The number of hydrogen-bond donors (Lipinski definition) is 3. The van der Waals surface area contributed by atoms with Crippen molar-refractivity contribution in [1.29, 1.82) is 0 Å². The number of carboxylic acids is 1. The molecule has 56 heavy (non-hydrogen) atoms. The molecule has 0 bridgehead atoms. The first-order chi connectivity index (χ1) is 26.3. The van der Waals surface area contributed by atoms with Crippen LogP contribution in [0.25, 0.3) is 21.8 Å². The Labute approximate surface area is 442 Å². The standard InChI is InChI=1S/C18H18N2O4.C10H10N2O2.C10H12O2.CH2O3.2Cs.H/c21-14(12-24-11-13-6-2-1-3-7-13)10-20-16-9-5-4-8-15(16)17(19-20)18(22)23;1-2-14-10(13)9-7-5-3-4-6-8(7)11-12-9;1-2-4-9(5-3-1)6-11-7-10-8-12-10;2-1-4-3;;;/h1-9,14,21H,10-12H2,(H,22,23);3-6H,2H2,1H3,(H,11,12);1-5,10H,6-8H2;1,3H;;;/q;;;;2*+1;-1/p-1. The van der Waals surface area contributed by atoms with E-state index in [2.05, 4.69) is 32.3 Å². The topological polar surface area (TPSA) is 211 Å². The first kappa shape index (κ1) is 50.3. The molecule has 0 amide bonds. The Kier molecular flexibility index (Phi) is 25.6. The second-order valence-electron chi connectivity index (χ2n) is 11.5. The number of esters is 1. The molecule has 2 unspecified atom stereocenters. The van der Waals surface area contributed by atoms with Gasteiger partial charge in [-0.15, -0.1) is 0 Å². The summed E-state index contributed by atoms with van der Waals surface area (Å²) in [6.07, 6.45) is -0.410. The quantitative estimate of drug-likeness (QED) is 0.0363. The molecule has 4 aromatic carbocycles. The molecule has 15 nitrogen and oxygen atoms in total. The second kappa shape index (κ2) is 28.5. The fraction of sp³-hybridized carbons (Fsp3) is 0.256. The van der Waals surface area contributed by atoms with Crippen LogP contribution in [0.5, 0.6) is 0 Å². The van der Waals surface area contributed by atoms with Gasteiger partial charge in [-0.05, 0) is 30.2 Å². The molecule has 3 N–H and O–H groups in total. The number of aromatic amines is 1. The van der Waals surface area contributed by atoms with Crippen molar-refractivity contribution in [2.24, 2.45) is 0 Å². The van der Waals surface area contributed by atoms with Crippen LogP contribution in [0, 0.1) is 0 Å². The summed E-state index contributed by atoms with van der Waals surface area (Å²) in [4.78, 5) is 33.9. The fourth-order valence-corrected chi connectivity index (χ4v) is 4.93. The summed E-state index contributed by atoms with van der Waals surface area (Å²) in [5, 5.41) is 40.0. The number of carbonyl (C=O) groups is 3. The number of ether oxygens (including phenoxy) is 4. The average molecular weight is 1010 g/mol. The zero-order chi connectivity index (χ0) is 38.5. The third-order valence-electron chi connectivity index (χ3n) is 7.46. The summed E-state index contributed by atoms with van der Waals surface area (Å²) in [6, 6.07) is 34.4. The predicted octanol–water partition coefficient (Wildman–Crippen LogP) is -1.79. The van der Waals surface area contributed by atoms with Crippen LogP contribution in [-0.2, 0) is 48.4 Å². The molecule has 0 saturated carbocycles. The summed E-state index contributed by atoms with van der Waals surface area (Å²) >= 11 is 0. The number of carbonyl (C=O) groups excluding carboxylic acids is 2. The van der Waals surface area contributed by atoms with E-state index in [1.165, 1.54) is 10.2 Å². The van der Waals surface area contributed by atoms with Gasteiger partial charge in [0.2, 0.25) is 0 Å². The van der Waals surface area contributed by atoms with E-state index in [1.54, 1.807) is 25.1 Å². The van der Waals surface area contributed by atoms with Crippen molar-refractivity contribution in [1.82, 2.24) is 20.0 Å². The number of aliphatic hydroxyl groups excluding tert-OH is 1. The maximum atomic E-state index is 11.4. The average Bonchev–Trinajstić information content (AvgIpc) is 3.81. The number of benzene rings is 4.